The van der Waals surface area contributed by atoms with Gasteiger partial charge in [-0.1, -0.05) is 30.3 Å². The molecule has 174 valence electrons. The van der Waals surface area contributed by atoms with Gasteiger partial charge in [0.25, 0.3) is 0 Å². The quantitative estimate of drug-likeness (QED) is 0.652. The standard InChI is InChI=1S/C22H29N3O5S2/c1-17(2)24(3)32(29,30)20-11-9-19(10-12-20)23-22(26)21(18-7-5-4-6-8-18)25-13-15-31(27,28)16-14-25/h4-12,17,21H,13-16H2,1-3H3,(H,23,26). The molecule has 10 heteroatoms. The predicted molar refractivity (Wildman–Crippen MR) is 125 cm³/mol. The van der Waals surface area contributed by atoms with Crippen molar-refractivity contribution in [3.05, 3.63) is 60.2 Å². The highest BCUT2D eigenvalue weighted by atomic mass is 32.2. The molecule has 1 N–H and O–H groups in total. The third-order valence-corrected chi connectivity index (χ3v) is 9.29. The van der Waals surface area contributed by atoms with Crippen LogP contribution in [0.1, 0.15) is 25.5 Å². The lowest BCUT2D eigenvalue weighted by Crippen LogP contribution is -2.46. The molecule has 2 aromatic carbocycles. The molecule has 0 radical (unpaired) electrons. The van der Waals surface area contributed by atoms with E-state index in [9.17, 15) is 21.6 Å². The van der Waals surface area contributed by atoms with Crippen LogP contribution in [0.3, 0.4) is 0 Å². The molecular weight excluding hydrogens is 450 g/mol. The first-order valence-corrected chi connectivity index (χ1v) is 13.7. The van der Waals surface area contributed by atoms with E-state index in [1.807, 2.05) is 35.2 Å². The van der Waals surface area contributed by atoms with Crippen LogP contribution in [0.2, 0.25) is 0 Å². The van der Waals surface area contributed by atoms with Crippen molar-refractivity contribution in [2.75, 3.05) is 37.0 Å². The predicted octanol–water partition coefficient (Wildman–Crippen LogP) is 2.13. The summed E-state index contributed by atoms with van der Waals surface area (Å²) in [5.74, 6) is -0.274. The summed E-state index contributed by atoms with van der Waals surface area (Å²) < 4.78 is 50.3. The molecule has 1 amide bonds. The highest BCUT2D eigenvalue weighted by Crippen LogP contribution is 2.25. The Morgan fingerprint density at radius 1 is 1.00 bits per heavy atom. The van der Waals surface area contributed by atoms with E-state index in [0.29, 0.717) is 5.69 Å². The molecule has 8 nitrogen and oxygen atoms in total. The minimum Gasteiger partial charge on any atom is -0.324 e. The van der Waals surface area contributed by atoms with Gasteiger partial charge in [-0.05, 0) is 43.7 Å². The number of nitrogens with one attached hydrogen (secondary N) is 1. The molecule has 0 saturated carbocycles. The van der Waals surface area contributed by atoms with Crippen LogP contribution in [0.15, 0.2) is 59.5 Å². The summed E-state index contributed by atoms with van der Waals surface area (Å²) in [6.07, 6.45) is 0. The Bertz CT molecular complexity index is 1130. The normalized spacial score (nSPS) is 17.9. The second-order valence-corrected chi connectivity index (χ2v) is 12.4. The lowest BCUT2D eigenvalue weighted by molar-refractivity contribution is -0.121. The van der Waals surface area contributed by atoms with E-state index >= 15 is 0 Å². The summed E-state index contributed by atoms with van der Waals surface area (Å²) in [5.41, 5.74) is 1.23. The molecule has 0 aliphatic carbocycles. The third-order valence-electron chi connectivity index (χ3n) is 5.63. The number of sulfonamides is 1. The Labute approximate surface area is 190 Å². The van der Waals surface area contributed by atoms with Crippen LogP contribution in [0.5, 0.6) is 0 Å². The summed E-state index contributed by atoms with van der Waals surface area (Å²) in [7, 11) is -5.17. The van der Waals surface area contributed by atoms with E-state index in [1.165, 1.54) is 23.5 Å². The second kappa shape index (κ2) is 9.70. The summed E-state index contributed by atoms with van der Waals surface area (Å²) >= 11 is 0. The number of carbonyl (C=O) groups excluding carboxylic acids is 1. The van der Waals surface area contributed by atoms with E-state index in [1.54, 1.807) is 26.0 Å². The SMILES string of the molecule is CC(C)N(C)S(=O)(=O)c1ccc(NC(=O)C(c2ccccc2)N2CCS(=O)(=O)CC2)cc1. The zero-order valence-corrected chi connectivity index (χ0v) is 20.1. The minimum absolute atomic E-state index is 0.0134. The Morgan fingerprint density at radius 2 is 1.56 bits per heavy atom. The summed E-state index contributed by atoms with van der Waals surface area (Å²) in [4.78, 5) is 15.2. The van der Waals surface area contributed by atoms with Crippen molar-refractivity contribution >= 4 is 31.5 Å². The Hall–Kier alpha value is -2.27. The number of amides is 1. The van der Waals surface area contributed by atoms with Gasteiger partial charge in [-0.3, -0.25) is 9.69 Å². The number of sulfone groups is 1. The Kier molecular flexibility index (Phi) is 7.39. The Balaban J connectivity index is 1.81. The molecular formula is C22H29N3O5S2. The highest BCUT2D eigenvalue weighted by molar-refractivity contribution is 7.91. The fraction of sp³-hybridized carbons (Fsp3) is 0.409. The topological polar surface area (TPSA) is 104 Å². The maximum Gasteiger partial charge on any atom is 0.246 e. The molecule has 1 atom stereocenters. The van der Waals surface area contributed by atoms with Gasteiger partial charge >= 0.3 is 0 Å². The average Bonchev–Trinajstić information content (AvgIpc) is 2.75. The van der Waals surface area contributed by atoms with E-state index in [2.05, 4.69) is 5.32 Å². The molecule has 2 aromatic rings. The second-order valence-electron chi connectivity index (χ2n) is 8.13. The number of rotatable bonds is 7. The van der Waals surface area contributed by atoms with E-state index in [0.717, 1.165) is 5.56 Å². The molecule has 1 aliphatic heterocycles. The van der Waals surface area contributed by atoms with Crippen molar-refractivity contribution in [2.45, 2.75) is 30.8 Å². The number of hydrogen-bond donors (Lipinski definition) is 1. The molecule has 0 spiro atoms. The molecule has 3 rings (SSSR count). The van der Waals surface area contributed by atoms with E-state index in [4.69, 9.17) is 0 Å². The van der Waals surface area contributed by atoms with Gasteiger partial charge in [0.2, 0.25) is 15.9 Å². The molecule has 0 aromatic heterocycles. The van der Waals surface area contributed by atoms with Gasteiger partial charge in [0.1, 0.15) is 6.04 Å². The van der Waals surface area contributed by atoms with Crippen LogP contribution in [0.4, 0.5) is 5.69 Å². The van der Waals surface area contributed by atoms with Crippen LogP contribution in [0, 0.1) is 0 Å². The Morgan fingerprint density at radius 3 is 2.09 bits per heavy atom. The first-order chi connectivity index (χ1) is 15.0. The average molecular weight is 480 g/mol. The lowest BCUT2D eigenvalue weighted by Gasteiger charge is -2.33. The molecule has 32 heavy (non-hydrogen) atoms. The van der Waals surface area contributed by atoms with Gasteiger partial charge in [-0.15, -0.1) is 0 Å². The zero-order valence-electron chi connectivity index (χ0n) is 18.4. The van der Waals surface area contributed by atoms with Gasteiger partial charge < -0.3 is 5.32 Å². The number of carbonyl (C=O) groups is 1. The first kappa shape index (κ1) is 24.4. The first-order valence-electron chi connectivity index (χ1n) is 10.4. The largest absolute Gasteiger partial charge is 0.324 e. The van der Waals surface area contributed by atoms with Gasteiger partial charge in [-0.2, -0.15) is 4.31 Å². The van der Waals surface area contributed by atoms with Crippen molar-refractivity contribution in [2.24, 2.45) is 0 Å². The third kappa shape index (κ3) is 5.55. The monoisotopic (exact) mass is 479 g/mol. The van der Waals surface area contributed by atoms with Crippen molar-refractivity contribution < 1.29 is 21.6 Å². The van der Waals surface area contributed by atoms with Crippen LogP contribution >= 0.6 is 0 Å². The molecule has 1 heterocycles. The van der Waals surface area contributed by atoms with Crippen LogP contribution in [-0.4, -0.2) is 69.6 Å². The maximum absolute atomic E-state index is 13.2. The van der Waals surface area contributed by atoms with Crippen molar-refractivity contribution in [1.82, 2.24) is 9.21 Å². The van der Waals surface area contributed by atoms with Crippen molar-refractivity contribution in [3.8, 4) is 0 Å². The minimum atomic E-state index is -3.62. The highest BCUT2D eigenvalue weighted by Gasteiger charge is 2.32. The summed E-state index contributed by atoms with van der Waals surface area (Å²) in [6.45, 7) is 4.13. The van der Waals surface area contributed by atoms with Gasteiger partial charge in [-0.25, -0.2) is 16.8 Å². The van der Waals surface area contributed by atoms with Gasteiger partial charge in [0.15, 0.2) is 9.84 Å². The fourth-order valence-corrected chi connectivity index (χ4v) is 6.11. The van der Waals surface area contributed by atoms with Crippen LogP contribution in [-0.2, 0) is 24.7 Å². The van der Waals surface area contributed by atoms with Crippen molar-refractivity contribution in [1.29, 1.82) is 0 Å². The van der Waals surface area contributed by atoms with Gasteiger partial charge in [0.05, 0.1) is 16.4 Å². The van der Waals surface area contributed by atoms with Crippen LogP contribution < -0.4 is 5.32 Å². The number of benzene rings is 2. The molecule has 1 saturated heterocycles. The number of nitrogens with zero attached hydrogens (tertiary/aromatic N) is 2. The summed E-state index contributed by atoms with van der Waals surface area (Å²) in [5, 5.41) is 2.85. The van der Waals surface area contributed by atoms with Crippen LogP contribution in [0.25, 0.3) is 0 Å². The number of anilines is 1. The molecule has 1 fully saturated rings. The molecule has 1 unspecified atom stereocenters. The smallest absolute Gasteiger partial charge is 0.246 e. The van der Waals surface area contributed by atoms with E-state index < -0.39 is 25.9 Å². The number of hydrogen-bond acceptors (Lipinski definition) is 6. The summed E-state index contributed by atoms with van der Waals surface area (Å²) in [6, 6.07) is 14.4. The van der Waals surface area contributed by atoms with E-state index in [-0.39, 0.29) is 41.4 Å². The maximum atomic E-state index is 13.2. The molecule has 0 bridgehead atoms. The molecule has 1 aliphatic rings. The fourth-order valence-electron chi connectivity index (χ4n) is 3.51. The van der Waals surface area contributed by atoms with Crippen molar-refractivity contribution in [3.63, 3.8) is 0 Å². The zero-order chi connectivity index (χ0) is 23.5. The van der Waals surface area contributed by atoms with Gasteiger partial charge in [0, 0.05) is 31.9 Å². The lowest BCUT2D eigenvalue weighted by atomic mass is 10.0.